The molecule has 12 heteroatoms. The van der Waals surface area contributed by atoms with Gasteiger partial charge < -0.3 is 36.6 Å². The first-order valence-electron chi connectivity index (χ1n) is 10.6. The van der Waals surface area contributed by atoms with Gasteiger partial charge in [-0.05, 0) is 38.5 Å². The molecule has 1 aliphatic rings. The molecule has 0 radical (unpaired) electrons. The van der Waals surface area contributed by atoms with Gasteiger partial charge in [0.2, 0.25) is 17.7 Å². The summed E-state index contributed by atoms with van der Waals surface area (Å²) in [6.45, 7) is 5.30. The van der Waals surface area contributed by atoms with Crippen LogP contribution in [0.4, 0.5) is 0 Å². The molecule has 0 aromatic rings. The van der Waals surface area contributed by atoms with Gasteiger partial charge in [-0.15, -0.1) is 0 Å². The third-order valence-electron chi connectivity index (χ3n) is 5.24. The second kappa shape index (κ2) is 12.3. The number of carbonyl (C=O) groups excluding carboxylic acids is 3. The van der Waals surface area contributed by atoms with Crippen LogP contribution in [-0.2, 0) is 24.0 Å². The van der Waals surface area contributed by atoms with Crippen LogP contribution in [0.25, 0.3) is 0 Å². The van der Waals surface area contributed by atoms with Gasteiger partial charge in [-0.25, -0.2) is 4.79 Å². The average Bonchev–Trinajstić information content (AvgIpc) is 3.18. The maximum absolute atomic E-state index is 12.9. The van der Waals surface area contributed by atoms with Crippen LogP contribution in [-0.4, -0.2) is 86.7 Å². The molecule has 5 atom stereocenters. The van der Waals surface area contributed by atoms with Gasteiger partial charge >= 0.3 is 11.9 Å². The molecule has 7 N–H and O–H groups in total. The molecule has 0 aromatic carbocycles. The minimum Gasteiger partial charge on any atom is -0.481 e. The lowest BCUT2D eigenvalue weighted by molar-refractivity contribution is -0.144. The monoisotopic (exact) mass is 458 g/mol. The number of aliphatic hydroxyl groups excluding tert-OH is 1. The molecule has 1 aliphatic heterocycles. The van der Waals surface area contributed by atoms with Crippen LogP contribution in [0.3, 0.4) is 0 Å². The first-order chi connectivity index (χ1) is 14.8. The van der Waals surface area contributed by atoms with E-state index in [4.69, 9.17) is 10.8 Å². The number of carboxylic acid groups (broad SMARTS) is 2. The van der Waals surface area contributed by atoms with E-state index < -0.39 is 66.4 Å². The third kappa shape index (κ3) is 8.08. The number of carboxylic acids is 2. The fraction of sp³-hybridized carbons (Fsp3) is 0.750. The molecule has 0 bridgehead atoms. The van der Waals surface area contributed by atoms with E-state index in [1.165, 1.54) is 11.8 Å². The van der Waals surface area contributed by atoms with Crippen LogP contribution < -0.4 is 16.4 Å². The maximum atomic E-state index is 12.9. The van der Waals surface area contributed by atoms with Crippen molar-refractivity contribution >= 4 is 29.7 Å². The molecule has 0 aromatic heterocycles. The zero-order chi connectivity index (χ0) is 24.6. The number of hydrogen-bond acceptors (Lipinski definition) is 7. The average molecular weight is 459 g/mol. The highest BCUT2D eigenvalue weighted by Gasteiger charge is 2.38. The van der Waals surface area contributed by atoms with E-state index >= 15 is 0 Å². The van der Waals surface area contributed by atoms with Gasteiger partial charge in [0.15, 0.2) is 0 Å². The quantitative estimate of drug-likeness (QED) is 0.204. The molecule has 1 heterocycles. The maximum Gasteiger partial charge on any atom is 0.326 e. The molecule has 3 amide bonds. The highest BCUT2D eigenvalue weighted by molar-refractivity contribution is 5.94. The first-order valence-corrected chi connectivity index (χ1v) is 10.6. The Bertz CT molecular complexity index is 712. The predicted octanol–water partition coefficient (Wildman–Crippen LogP) is -1.35. The Morgan fingerprint density at radius 3 is 2.19 bits per heavy atom. The molecule has 0 saturated carbocycles. The van der Waals surface area contributed by atoms with Gasteiger partial charge in [0.25, 0.3) is 0 Å². The van der Waals surface area contributed by atoms with E-state index in [1.54, 1.807) is 0 Å². The fourth-order valence-corrected chi connectivity index (χ4v) is 3.47. The lowest BCUT2D eigenvalue weighted by atomic mass is 10.0. The topological polar surface area (TPSA) is 199 Å². The summed E-state index contributed by atoms with van der Waals surface area (Å²) >= 11 is 0. The SMILES string of the molecule is CC(C)CC(NC(=O)C1CCCN1C(=O)C(N)C(C)O)C(=O)NC(CCC(=O)O)C(=O)O. The number of hydrogen-bond donors (Lipinski definition) is 6. The smallest absolute Gasteiger partial charge is 0.326 e. The van der Waals surface area contributed by atoms with Gasteiger partial charge in [-0.3, -0.25) is 19.2 Å². The summed E-state index contributed by atoms with van der Waals surface area (Å²) in [6.07, 6.45) is -0.729. The highest BCUT2D eigenvalue weighted by atomic mass is 16.4. The zero-order valence-electron chi connectivity index (χ0n) is 18.6. The van der Waals surface area contributed by atoms with E-state index in [1.807, 2.05) is 13.8 Å². The molecule has 0 aliphatic carbocycles. The van der Waals surface area contributed by atoms with Crippen molar-refractivity contribution in [2.75, 3.05) is 6.54 Å². The van der Waals surface area contributed by atoms with E-state index in [0.29, 0.717) is 12.8 Å². The van der Waals surface area contributed by atoms with Crippen molar-refractivity contribution in [3.05, 3.63) is 0 Å². The first kappa shape index (κ1) is 27.3. The normalized spacial score (nSPS) is 19.7. The number of nitrogens with one attached hydrogen (secondary N) is 2. The van der Waals surface area contributed by atoms with Crippen LogP contribution in [0.2, 0.25) is 0 Å². The number of rotatable bonds is 12. The Balaban J connectivity index is 2.92. The molecule has 5 unspecified atom stereocenters. The van der Waals surface area contributed by atoms with Crippen LogP contribution in [0.5, 0.6) is 0 Å². The number of amides is 3. The number of nitrogens with two attached hydrogens (primary N) is 1. The minimum atomic E-state index is -1.42. The molecule has 1 fully saturated rings. The van der Waals surface area contributed by atoms with Crippen molar-refractivity contribution in [1.82, 2.24) is 15.5 Å². The van der Waals surface area contributed by atoms with Crippen molar-refractivity contribution in [1.29, 1.82) is 0 Å². The number of carbonyl (C=O) groups is 5. The zero-order valence-corrected chi connectivity index (χ0v) is 18.6. The Morgan fingerprint density at radius 2 is 1.69 bits per heavy atom. The standard InChI is InChI=1S/C20H34N4O8/c1-10(2)9-13(17(28)22-12(20(31)32)6-7-15(26)27)23-18(29)14-5-4-8-24(14)19(30)16(21)11(3)25/h10-14,16,25H,4-9,21H2,1-3H3,(H,22,28)(H,23,29)(H,26,27)(H,31,32). The third-order valence-corrected chi connectivity index (χ3v) is 5.24. The molecule has 1 saturated heterocycles. The van der Waals surface area contributed by atoms with Gasteiger partial charge in [0, 0.05) is 13.0 Å². The number of likely N-dealkylation sites (tertiary alicyclic amines) is 1. The predicted molar refractivity (Wildman–Crippen MR) is 112 cm³/mol. The van der Waals surface area contributed by atoms with Gasteiger partial charge in [-0.1, -0.05) is 13.8 Å². The Labute approximate surface area is 186 Å². The van der Waals surface area contributed by atoms with Gasteiger partial charge in [0.05, 0.1) is 6.10 Å². The molecule has 182 valence electrons. The summed E-state index contributed by atoms with van der Waals surface area (Å²) in [6, 6.07) is -4.53. The molecule has 1 rings (SSSR count). The van der Waals surface area contributed by atoms with Crippen LogP contribution >= 0.6 is 0 Å². The number of aliphatic hydroxyl groups is 1. The summed E-state index contributed by atoms with van der Waals surface area (Å²) in [5, 5.41) is 32.5. The van der Waals surface area contributed by atoms with E-state index in [2.05, 4.69) is 10.6 Å². The molecule has 12 nitrogen and oxygen atoms in total. The van der Waals surface area contributed by atoms with Crippen molar-refractivity contribution in [2.45, 2.75) is 83.1 Å². The van der Waals surface area contributed by atoms with Crippen molar-refractivity contribution < 1.29 is 39.3 Å². The van der Waals surface area contributed by atoms with Gasteiger partial charge in [0.1, 0.15) is 24.2 Å². The van der Waals surface area contributed by atoms with E-state index in [0.717, 1.165) is 0 Å². The highest BCUT2D eigenvalue weighted by Crippen LogP contribution is 2.19. The van der Waals surface area contributed by atoms with Crippen LogP contribution in [0.1, 0.15) is 52.9 Å². The number of nitrogens with zero attached hydrogens (tertiary/aromatic N) is 1. The second-order valence-corrected chi connectivity index (χ2v) is 8.48. The fourth-order valence-electron chi connectivity index (χ4n) is 3.47. The largest absolute Gasteiger partial charge is 0.481 e. The lowest BCUT2D eigenvalue weighted by Gasteiger charge is -2.29. The molecule has 32 heavy (non-hydrogen) atoms. The molecular weight excluding hydrogens is 424 g/mol. The van der Waals surface area contributed by atoms with Crippen LogP contribution in [0.15, 0.2) is 0 Å². The second-order valence-electron chi connectivity index (χ2n) is 8.48. The van der Waals surface area contributed by atoms with Crippen molar-refractivity contribution in [3.63, 3.8) is 0 Å². The summed E-state index contributed by atoms with van der Waals surface area (Å²) in [5.74, 6) is -4.50. The summed E-state index contributed by atoms with van der Waals surface area (Å²) < 4.78 is 0. The lowest BCUT2D eigenvalue weighted by Crippen LogP contribution is -2.57. The van der Waals surface area contributed by atoms with Crippen molar-refractivity contribution in [2.24, 2.45) is 11.7 Å². The summed E-state index contributed by atoms with van der Waals surface area (Å²) in [4.78, 5) is 61.6. The molecular formula is C20H34N4O8. The summed E-state index contributed by atoms with van der Waals surface area (Å²) in [7, 11) is 0. The van der Waals surface area contributed by atoms with E-state index in [9.17, 15) is 34.2 Å². The van der Waals surface area contributed by atoms with Gasteiger partial charge in [-0.2, -0.15) is 0 Å². The van der Waals surface area contributed by atoms with Crippen LogP contribution in [0, 0.1) is 5.92 Å². The Hall–Kier alpha value is -2.73. The minimum absolute atomic E-state index is 0.0293. The Morgan fingerprint density at radius 1 is 1.06 bits per heavy atom. The number of aliphatic carboxylic acids is 2. The van der Waals surface area contributed by atoms with E-state index in [-0.39, 0.29) is 25.3 Å². The molecule has 0 spiro atoms. The van der Waals surface area contributed by atoms with Crippen molar-refractivity contribution in [3.8, 4) is 0 Å². The Kier molecular flexibility index (Phi) is 10.5. The summed E-state index contributed by atoms with van der Waals surface area (Å²) in [5.41, 5.74) is 5.72.